The highest BCUT2D eigenvalue weighted by atomic mass is 16.5. The molecular formula is C10H15N3O3. The summed E-state index contributed by atoms with van der Waals surface area (Å²) in [6.45, 7) is 2.27. The zero-order valence-corrected chi connectivity index (χ0v) is 9.25. The summed E-state index contributed by atoms with van der Waals surface area (Å²) in [5, 5.41) is 11.3. The lowest BCUT2D eigenvalue weighted by Crippen LogP contribution is -2.32. The number of ether oxygens (including phenoxy) is 1. The van der Waals surface area contributed by atoms with Crippen LogP contribution in [0.25, 0.3) is 0 Å². The van der Waals surface area contributed by atoms with E-state index in [1.54, 1.807) is 19.4 Å². The maximum absolute atomic E-state index is 11.9. The Morgan fingerprint density at radius 3 is 3.00 bits per heavy atom. The summed E-state index contributed by atoms with van der Waals surface area (Å²) in [6, 6.07) is 3.17. The summed E-state index contributed by atoms with van der Waals surface area (Å²) in [5.41, 5.74) is 5.25. The van der Waals surface area contributed by atoms with Crippen molar-refractivity contribution in [1.29, 1.82) is 0 Å². The summed E-state index contributed by atoms with van der Waals surface area (Å²) in [6.07, 6.45) is 1.55. The zero-order chi connectivity index (χ0) is 12.1. The number of pyridine rings is 1. The molecule has 0 amide bonds. The van der Waals surface area contributed by atoms with Crippen LogP contribution in [0.15, 0.2) is 28.3 Å². The average Bonchev–Trinajstić information content (AvgIpc) is 2.30. The van der Waals surface area contributed by atoms with Gasteiger partial charge in [0, 0.05) is 13.3 Å². The first kappa shape index (κ1) is 12.3. The monoisotopic (exact) mass is 225 g/mol. The maximum Gasteiger partial charge on any atom is 0.261 e. The minimum Gasteiger partial charge on any atom is -0.409 e. The standard InChI is InChI=1S/C10H15N3O3/c1-7(16-2)6-13-5-3-4-8(10(13)14)9(11)12-15/h3-5,7,15H,6H2,1-2H3,(H2,11,12). The van der Waals surface area contributed by atoms with Crippen molar-refractivity contribution in [1.82, 2.24) is 4.57 Å². The number of nitrogens with two attached hydrogens (primary N) is 1. The van der Waals surface area contributed by atoms with E-state index in [-0.39, 0.29) is 23.1 Å². The number of amidine groups is 1. The van der Waals surface area contributed by atoms with Gasteiger partial charge in [-0.15, -0.1) is 0 Å². The molecule has 0 radical (unpaired) electrons. The van der Waals surface area contributed by atoms with Crippen molar-refractivity contribution in [2.75, 3.05) is 7.11 Å². The fourth-order valence-corrected chi connectivity index (χ4v) is 1.28. The molecule has 6 nitrogen and oxygen atoms in total. The van der Waals surface area contributed by atoms with Gasteiger partial charge in [-0.2, -0.15) is 0 Å². The van der Waals surface area contributed by atoms with E-state index >= 15 is 0 Å². The van der Waals surface area contributed by atoms with E-state index in [1.807, 2.05) is 6.92 Å². The molecular weight excluding hydrogens is 210 g/mol. The van der Waals surface area contributed by atoms with Crippen molar-refractivity contribution >= 4 is 5.84 Å². The third-order valence-electron chi connectivity index (χ3n) is 2.26. The molecule has 88 valence electrons. The molecule has 1 rings (SSSR count). The zero-order valence-electron chi connectivity index (χ0n) is 9.25. The van der Waals surface area contributed by atoms with E-state index in [1.165, 1.54) is 10.6 Å². The van der Waals surface area contributed by atoms with Gasteiger partial charge >= 0.3 is 0 Å². The van der Waals surface area contributed by atoms with Crippen LogP contribution < -0.4 is 11.3 Å². The Hall–Kier alpha value is -1.82. The molecule has 0 aliphatic heterocycles. The predicted molar refractivity (Wildman–Crippen MR) is 59.7 cm³/mol. The summed E-state index contributed by atoms with van der Waals surface area (Å²) in [4.78, 5) is 11.9. The maximum atomic E-state index is 11.9. The Morgan fingerprint density at radius 2 is 2.44 bits per heavy atom. The second-order valence-electron chi connectivity index (χ2n) is 3.41. The van der Waals surface area contributed by atoms with Crippen LogP contribution in [-0.2, 0) is 11.3 Å². The van der Waals surface area contributed by atoms with E-state index in [9.17, 15) is 4.79 Å². The number of rotatable bonds is 4. The van der Waals surface area contributed by atoms with Gasteiger partial charge in [-0.05, 0) is 19.1 Å². The van der Waals surface area contributed by atoms with E-state index in [0.29, 0.717) is 6.54 Å². The Kier molecular flexibility index (Phi) is 4.07. The molecule has 0 fully saturated rings. The number of aromatic nitrogens is 1. The first-order valence-electron chi connectivity index (χ1n) is 4.80. The lowest BCUT2D eigenvalue weighted by atomic mass is 10.2. The first-order chi connectivity index (χ1) is 7.60. The molecule has 6 heteroatoms. The molecule has 1 aromatic rings. The lowest BCUT2D eigenvalue weighted by Gasteiger charge is -2.12. The van der Waals surface area contributed by atoms with Gasteiger partial charge in [0.15, 0.2) is 5.84 Å². The number of hydrogen-bond acceptors (Lipinski definition) is 4. The quantitative estimate of drug-likeness (QED) is 0.326. The number of methoxy groups -OCH3 is 1. The van der Waals surface area contributed by atoms with Crippen LogP contribution in [0, 0.1) is 0 Å². The smallest absolute Gasteiger partial charge is 0.261 e. The number of oxime groups is 1. The van der Waals surface area contributed by atoms with Crippen molar-refractivity contribution in [3.05, 3.63) is 34.2 Å². The summed E-state index contributed by atoms with van der Waals surface area (Å²) in [5.74, 6) is -0.190. The van der Waals surface area contributed by atoms with Crippen molar-refractivity contribution in [2.24, 2.45) is 10.9 Å². The van der Waals surface area contributed by atoms with E-state index in [4.69, 9.17) is 15.7 Å². The normalized spacial score (nSPS) is 13.8. The topological polar surface area (TPSA) is 89.8 Å². The molecule has 0 aliphatic rings. The minimum atomic E-state index is -0.304. The van der Waals surface area contributed by atoms with Crippen LogP contribution >= 0.6 is 0 Å². The first-order valence-corrected chi connectivity index (χ1v) is 4.80. The highest BCUT2D eigenvalue weighted by Crippen LogP contribution is 1.96. The van der Waals surface area contributed by atoms with Crippen LogP contribution in [0.3, 0.4) is 0 Å². The summed E-state index contributed by atoms with van der Waals surface area (Å²) < 4.78 is 6.53. The van der Waals surface area contributed by atoms with Crippen molar-refractivity contribution in [3.8, 4) is 0 Å². The largest absolute Gasteiger partial charge is 0.409 e. The molecule has 0 aliphatic carbocycles. The number of hydrogen-bond donors (Lipinski definition) is 2. The lowest BCUT2D eigenvalue weighted by molar-refractivity contribution is 0.102. The SMILES string of the molecule is COC(C)Cn1cccc(/C(N)=N/O)c1=O. The van der Waals surface area contributed by atoms with Gasteiger partial charge in [0.1, 0.15) is 0 Å². The highest BCUT2D eigenvalue weighted by molar-refractivity contribution is 5.96. The fraction of sp³-hybridized carbons (Fsp3) is 0.400. The number of nitrogens with zero attached hydrogens (tertiary/aromatic N) is 2. The summed E-state index contributed by atoms with van der Waals surface area (Å²) in [7, 11) is 1.57. The average molecular weight is 225 g/mol. The van der Waals surface area contributed by atoms with Crippen LogP contribution in [0.2, 0.25) is 0 Å². The summed E-state index contributed by atoms with van der Waals surface area (Å²) >= 11 is 0. The Bertz CT molecular complexity index is 439. The Morgan fingerprint density at radius 1 is 1.75 bits per heavy atom. The molecule has 0 aromatic carbocycles. The van der Waals surface area contributed by atoms with Gasteiger partial charge in [0.05, 0.1) is 18.2 Å². The van der Waals surface area contributed by atoms with Gasteiger partial charge in [0.2, 0.25) is 0 Å². The highest BCUT2D eigenvalue weighted by Gasteiger charge is 2.09. The third kappa shape index (κ3) is 2.60. The Balaban J connectivity index is 3.10. The predicted octanol–water partition coefficient (Wildman–Crippen LogP) is -0.0223. The molecule has 16 heavy (non-hydrogen) atoms. The van der Waals surface area contributed by atoms with E-state index < -0.39 is 0 Å². The van der Waals surface area contributed by atoms with Crippen molar-refractivity contribution < 1.29 is 9.94 Å². The second-order valence-corrected chi connectivity index (χ2v) is 3.41. The van der Waals surface area contributed by atoms with Crippen LogP contribution in [-0.4, -0.2) is 28.8 Å². The van der Waals surface area contributed by atoms with Gasteiger partial charge in [-0.1, -0.05) is 5.16 Å². The molecule has 1 atom stereocenters. The molecule has 0 spiro atoms. The molecule has 0 saturated heterocycles. The molecule has 3 N–H and O–H groups in total. The molecule has 0 bridgehead atoms. The van der Waals surface area contributed by atoms with E-state index in [0.717, 1.165) is 0 Å². The van der Waals surface area contributed by atoms with Gasteiger partial charge in [-0.3, -0.25) is 4.79 Å². The van der Waals surface area contributed by atoms with Crippen LogP contribution in [0.4, 0.5) is 0 Å². The van der Waals surface area contributed by atoms with Crippen LogP contribution in [0.1, 0.15) is 12.5 Å². The molecule has 1 unspecified atom stereocenters. The molecule has 0 saturated carbocycles. The third-order valence-corrected chi connectivity index (χ3v) is 2.26. The molecule has 1 heterocycles. The minimum absolute atomic E-state index is 0.0831. The fourth-order valence-electron chi connectivity index (χ4n) is 1.28. The van der Waals surface area contributed by atoms with Gasteiger partial charge < -0.3 is 20.2 Å². The van der Waals surface area contributed by atoms with Crippen molar-refractivity contribution in [3.63, 3.8) is 0 Å². The van der Waals surface area contributed by atoms with E-state index in [2.05, 4.69) is 5.16 Å². The van der Waals surface area contributed by atoms with Crippen molar-refractivity contribution in [2.45, 2.75) is 19.6 Å². The second kappa shape index (κ2) is 5.32. The van der Waals surface area contributed by atoms with Gasteiger partial charge in [0.25, 0.3) is 5.56 Å². The van der Waals surface area contributed by atoms with Gasteiger partial charge in [-0.25, -0.2) is 0 Å². The van der Waals surface area contributed by atoms with Crippen LogP contribution in [0.5, 0.6) is 0 Å². The molecule has 1 aromatic heterocycles. The Labute approximate surface area is 92.9 Å².